The van der Waals surface area contributed by atoms with Gasteiger partial charge in [-0.2, -0.15) is 0 Å². The largest absolute Gasteiger partial charge is 0.379 e. The van der Waals surface area contributed by atoms with Gasteiger partial charge in [0, 0.05) is 14.6 Å². The summed E-state index contributed by atoms with van der Waals surface area (Å²) in [7, 11) is 0. The van der Waals surface area contributed by atoms with Gasteiger partial charge in [-0.3, -0.25) is 0 Å². The summed E-state index contributed by atoms with van der Waals surface area (Å²) >= 11 is 11.5. The molecule has 0 unspecified atom stereocenters. The van der Waals surface area contributed by atoms with E-state index in [1.165, 1.54) is 0 Å². The molecule has 1 aromatic rings. The first-order chi connectivity index (χ1) is 6.09. The molecule has 13 heavy (non-hydrogen) atoms. The molecule has 0 radical (unpaired) electrons. The first-order valence-electron chi connectivity index (χ1n) is 3.62. The van der Waals surface area contributed by atoms with Crippen molar-refractivity contribution in [2.24, 2.45) is 0 Å². The Hall–Kier alpha value is 0.260. The van der Waals surface area contributed by atoms with Gasteiger partial charge in [0.05, 0.1) is 10.7 Å². The molecule has 0 spiro atoms. The number of benzene rings is 1. The molecule has 0 aliphatic carbocycles. The number of rotatable bonds is 3. The molecule has 0 atom stereocenters. The summed E-state index contributed by atoms with van der Waals surface area (Å²) in [5.41, 5.74) is 0.933. The number of hydrogen-bond acceptors (Lipinski definition) is 1. The summed E-state index contributed by atoms with van der Waals surface area (Å²) in [6.07, 6.45) is 0. The Balaban J connectivity index is 2.72. The lowest BCUT2D eigenvalue weighted by Crippen LogP contribution is -2.00. The maximum Gasteiger partial charge on any atom is 0.0648 e. The molecule has 1 N–H and O–H groups in total. The molecule has 1 rings (SSSR count). The Morgan fingerprint density at radius 3 is 2.85 bits per heavy atom. The standard InChI is InChI=1S/C9H8BrClIN/c1-6(10)5-13-9-3-2-7(12)4-8(9)11/h2-4,13H,1,5H2. The Kier molecular flexibility index (Phi) is 4.55. The van der Waals surface area contributed by atoms with E-state index in [1.807, 2.05) is 18.2 Å². The quantitative estimate of drug-likeness (QED) is 0.782. The van der Waals surface area contributed by atoms with E-state index in [0.717, 1.165) is 18.8 Å². The van der Waals surface area contributed by atoms with Gasteiger partial charge in [0.1, 0.15) is 0 Å². The minimum Gasteiger partial charge on any atom is -0.379 e. The zero-order chi connectivity index (χ0) is 9.84. The Morgan fingerprint density at radius 1 is 1.62 bits per heavy atom. The molecule has 4 heteroatoms. The Labute approximate surface area is 105 Å². The van der Waals surface area contributed by atoms with Crippen molar-refractivity contribution in [2.75, 3.05) is 11.9 Å². The summed E-state index contributed by atoms with van der Waals surface area (Å²) in [6, 6.07) is 5.88. The van der Waals surface area contributed by atoms with Crippen molar-refractivity contribution in [1.29, 1.82) is 0 Å². The zero-order valence-electron chi connectivity index (χ0n) is 6.78. The number of halogens is 3. The van der Waals surface area contributed by atoms with Crippen LogP contribution in [-0.4, -0.2) is 6.54 Å². The minimum absolute atomic E-state index is 0.681. The van der Waals surface area contributed by atoms with Gasteiger partial charge < -0.3 is 5.32 Å². The van der Waals surface area contributed by atoms with E-state index in [2.05, 4.69) is 50.4 Å². The molecule has 0 bridgehead atoms. The number of nitrogens with one attached hydrogen (secondary N) is 1. The van der Waals surface area contributed by atoms with Gasteiger partial charge in [-0.1, -0.05) is 34.1 Å². The van der Waals surface area contributed by atoms with Crippen LogP contribution < -0.4 is 5.32 Å². The van der Waals surface area contributed by atoms with E-state index in [1.54, 1.807) is 0 Å². The lowest BCUT2D eigenvalue weighted by atomic mass is 10.3. The lowest BCUT2D eigenvalue weighted by molar-refractivity contribution is 1.33. The fraction of sp³-hybridized carbons (Fsp3) is 0.111. The van der Waals surface area contributed by atoms with Crippen LogP contribution in [-0.2, 0) is 0 Å². The Morgan fingerprint density at radius 2 is 2.31 bits per heavy atom. The van der Waals surface area contributed by atoms with Gasteiger partial charge in [0.15, 0.2) is 0 Å². The van der Waals surface area contributed by atoms with Crippen molar-refractivity contribution in [2.45, 2.75) is 0 Å². The second kappa shape index (κ2) is 5.22. The van der Waals surface area contributed by atoms with Crippen molar-refractivity contribution in [3.8, 4) is 0 Å². The fourth-order valence-corrected chi connectivity index (χ4v) is 1.89. The normalized spacial score (nSPS) is 9.77. The van der Waals surface area contributed by atoms with Crippen molar-refractivity contribution < 1.29 is 0 Å². The first kappa shape index (κ1) is 11.3. The van der Waals surface area contributed by atoms with E-state index < -0.39 is 0 Å². The van der Waals surface area contributed by atoms with Crippen LogP contribution in [0.1, 0.15) is 0 Å². The maximum atomic E-state index is 6.00. The third-order valence-electron chi connectivity index (χ3n) is 1.40. The molecule has 1 aromatic carbocycles. The zero-order valence-corrected chi connectivity index (χ0v) is 11.3. The average Bonchev–Trinajstić information content (AvgIpc) is 2.02. The lowest BCUT2D eigenvalue weighted by Gasteiger charge is -2.07. The number of hydrogen-bond donors (Lipinski definition) is 1. The van der Waals surface area contributed by atoms with Crippen molar-refractivity contribution >= 4 is 55.8 Å². The topological polar surface area (TPSA) is 12.0 Å². The van der Waals surface area contributed by atoms with E-state index in [0.29, 0.717) is 6.54 Å². The number of anilines is 1. The fourth-order valence-electron chi connectivity index (χ4n) is 0.824. The van der Waals surface area contributed by atoms with Gasteiger partial charge in [0.25, 0.3) is 0 Å². The predicted octanol–water partition coefficient (Wildman–Crippen LogP) is 4.27. The summed E-state index contributed by atoms with van der Waals surface area (Å²) in [6.45, 7) is 4.41. The summed E-state index contributed by atoms with van der Waals surface area (Å²) in [5, 5.41) is 3.89. The molecule has 0 aromatic heterocycles. The van der Waals surface area contributed by atoms with Crippen LogP contribution in [0.15, 0.2) is 29.3 Å². The second-order valence-corrected chi connectivity index (χ2v) is 5.27. The van der Waals surface area contributed by atoms with Gasteiger partial charge in [-0.25, -0.2) is 0 Å². The van der Waals surface area contributed by atoms with Crippen LogP contribution in [0.5, 0.6) is 0 Å². The summed E-state index contributed by atoms with van der Waals surface area (Å²) < 4.78 is 2.04. The Bertz CT molecular complexity index is 327. The van der Waals surface area contributed by atoms with E-state index in [9.17, 15) is 0 Å². The molecule has 0 fully saturated rings. The third kappa shape index (κ3) is 3.87. The second-order valence-electron chi connectivity index (χ2n) is 2.49. The van der Waals surface area contributed by atoms with E-state index in [-0.39, 0.29) is 0 Å². The van der Waals surface area contributed by atoms with Crippen LogP contribution in [0.4, 0.5) is 5.69 Å². The summed E-state index contributed by atoms with van der Waals surface area (Å²) in [5.74, 6) is 0. The highest BCUT2D eigenvalue weighted by molar-refractivity contribution is 14.1. The molecule has 0 aliphatic heterocycles. The average molecular weight is 372 g/mol. The van der Waals surface area contributed by atoms with Crippen LogP contribution in [0.3, 0.4) is 0 Å². The third-order valence-corrected chi connectivity index (χ3v) is 2.67. The van der Waals surface area contributed by atoms with Crippen LogP contribution in [0.25, 0.3) is 0 Å². The highest BCUT2D eigenvalue weighted by atomic mass is 127. The van der Waals surface area contributed by atoms with Crippen molar-refractivity contribution in [3.63, 3.8) is 0 Å². The molecule has 0 aliphatic rings. The van der Waals surface area contributed by atoms with Crippen LogP contribution in [0.2, 0.25) is 5.02 Å². The smallest absolute Gasteiger partial charge is 0.0648 e. The van der Waals surface area contributed by atoms with Crippen molar-refractivity contribution in [3.05, 3.63) is 37.9 Å². The minimum atomic E-state index is 0.681. The van der Waals surface area contributed by atoms with Gasteiger partial charge in [0.2, 0.25) is 0 Å². The monoisotopic (exact) mass is 371 g/mol. The molecule has 1 nitrogen and oxygen atoms in total. The predicted molar refractivity (Wildman–Crippen MR) is 70.7 cm³/mol. The molecule has 0 saturated heterocycles. The molecule has 70 valence electrons. The molecular formula is C9H8BrClIN. The summed E-state index contributed by atoms with van der Waals surface area (Å²) in [4.78, 5) is 0. The van der Waals surface area contributed by atoms with Gasteiger partial charge in [-0.15, -0.1) is 0 Å². The van der Waals surface area contributed by atoms with E-state index >= 15 is 0 Å². The van der Waals surface area contributed by atoms with Crippen molar-refractivity contribution in [1.82, 2.24) is 0 Å². The van der Waals surface area contributed by atoms with Gasteiger partial charge >= 0.3 is 0 Å². The van der Waals surface area contributed by atoms with Crippen LogP contribution >= 0.6 is 50.1 Å². The van der Waals surface area contributed by atoms with Crippen LogP contribution in [0, 0.1) is 3.57 Å². The molecule has 0 saturated carbocycles. The van der Waals surface area contributed by atoms with E-state index in [4.69, 9.17) is 11.6 Å². The molecule has 0 heterocycles. The highest BCUT2D eigenvalue weighted by Gasteiger charge is 1.99. The molecular weight excluding hydrogens is 364 g/mol. The first-order valence-corrected chi connectivity index (χ1v) is 5.87. The SMILES string of the molecule is C=C(Br)CNc1ccc(I)cc1Cl. The van der Waals surface area contributed by atoms with Gasteiger partial charge in [-0.05, 0) is 40.8 Å². The molecule has 0 amide bonds. The highest BCUT2D eigenvalue weighted by Crippen LogP contribution is 2.24. The maximum absolute atomic E-state index is 6.00.